The van der Waals surface area contributed by atoms with Crippen molar-refractivity contribution >= 4 is 26.3 Å². The Morgan fingerprint density at radius 2 is 1.58 bits per heavy atom. The van der Waals surface area contributed by atoms with E-state index in [9.17, 15) is 0 Å². The molecule has 0 amide bonds. The first-order chi connectivity index (χ1) is 12.4. The number of benzene rings is 2. The number of hydrogen-bond donors (Lipinski definition) is 2. The molecule has 0 saturated carbocycles. The summed E-state index contributed by atoms with van der Waals surface area (Å²) in [6.07, 6.45) is 3.12. The molecule has 2 N–H and O–H groups in total. The van der Waals surface area contributed by atoms with E-state index >= 15 is 0 Å². The third-order valence-corrected chi connectivity index (χ3v) is 4.84. The van der Waals surface area contributed by atoms with Gasteiger partial charge in [0.15, 0.2) is 0 Å². The van der Waals surface area contributed by atoms with Gasteiger partial charge in [0.2, 0.25) is 0 Å². The van der Waals surface area contributed by atoms with Gasteiger partial charge in [-0.15, -0.1) is 0 Å². The predicted octanol–water partition coefficient (Wildman–Crippen LogP) is 5.27. The van der Waals surface area contributed by atoms with Crippen molar-refractivity contribution in [3.05, 3.63) is 70.3 Å². The first kappa shape index (κ1) is 23.4. The molecule has 0 fully saturated rings. The maximum absolute atomic E-state index is 8.25. The molecule has 26 heavy (non-hydrogen) atoms. The van der Waals surface area contributed by atoms with Crippen LogP contribution in [0.5, 0.6) is 0 Å². The van der Waals surface area contributed by atoms with Gasteiger partial charge in [-0.1, -0.05) is 19.8 Å². The Morgan fingerprint density at radius 3 is 2.08 bits per heavy atom. The van der Waals surface area contributed by atoms with E-state index < -0.39 is 8.60 Å². The molecule has 2 rings (SSSR count). The molecule has 0 aliphatic rings. The molecule has 2 aromatic rings. The first-order valence-corrected chi connectivity index (χ1v) is 10.5. The molecule has 0 aliphatic heterocycles. The number of hydrogen-bond acceptors (Lipinski definition) is 3. The van der Waals surface area contributed by atoms with Gasteiger partial charge in [-0.3, -0.25) is 0 Å². The van der Waals surface area contributed by atoms with Crippen molar-refractivity contribution in [2.45, 2.75) is 51.5 Å². The molecule has 0 aliphatic carbocycles. The summed E-state index contributed by atoms with van der Waals surface area (Å²) in [5, 5.41) is 0. The van der Waals surface area contributed by atoms with Crippen LogP contribution in [-0.2, 0) is 4.52 Å². The molecule has 2 aromatic carbocycles. The molecule has 138 valence electrons. The van der Waals surface area contributed by atoms with Gasteiger partial charge in [0.05, 0.1) is 6.61 Å². The van der Waals surface area contributed by atoms with E-state index in [1.807, 2.05) is 0 Å². The molecule has 0 radical (unpaired) electrons. The zero-order chi connectivity index (χ0) is 19.5. The predicted molar refractivity (Wildman–Crippen MR) is 112 cm³/mol. The maximum atomic E-state index is 8.25. The van der Waals surface area contributed by atoms with E-state index in [-0.39, 0.29) is 0 Å². The molecule has 5 heteroatoms. The topological polar surface area (TPSA) is 49.7 Å². The minimum absolute atomic E-state index is 0.465. The second-order valence-electron chi connectivity index (χ2n) is 6.74. The molecular formula is C21H30LiO3P. The minimum atomic E-state index is -2.12. The first-order valence-electron chi connectivity index (χ1n) is 9.30. The van der Waals surface area contributed by atoms with Crippen molar-refractivity contribution in [1.82, 2.24) is 0 Å². The van der Waals surface area contributed by atoms with Crippen LogP contribution in [0.25, 0.3) is 0 Å². The SMILES string of the molecule is CCCCCOP(O)O.[Li][CH](c1ccccc1)c1c(C)cc(C)cc1C. The quantitative estimate of drug-likeness (QED) is 0.397. The van der Waals surface area contributed by atoms with Gasteiger partial charge in [0, 0.05) is 0 Å². The summed E-state index contributed by atoms with van der Waals surface area (Å²) in [5.74, 6) is 0. The average Bonchev–Trinajstić information content (AvgIpc) is 2.59. The standard InChI is InChI=1S/C16H17.C5H13O3P.Li/c1-12-9-13(2)16(14(3)10-12)11-15-7-5-4-6-8-15;1-2-3-4-5-8-9(6)7;/h4-11H,1-3H3;6-7H,2-5H2,1H3;. The van der Waals surface area contributed by atoms with Crippen molar-refractivity contribution < 1.29 is 14.3 Å². The van der Waals surface area contributed by atoms with E-state index in [1.165, 1.54) is 27.8 Å². The van der Waals surface area contributed by atoms with Crippen LogP contribution in [0, 0.1) is 20.8 Å². The van der Waals surface area contributed by atoms with Crippen molar-refractivity contribution in [3.63, 3.8) is 0 Å². The van der Waals surface area contributed by atoms with E-state index in [4.69, 9.17) is 9.79 Å². The van der Waals surface area contributed by atoms with Gasteiger partial charge >= 0.3 is 122 Å². The number of rotatable bonds is 7. The summed E-state index contributed by atoms with van der Waals surface area (Å²) in [6.45, 7) is 9.15. The Morgan fingerprint density at radius 1 is 1.00 bits per heavy atom. The fourth-order valence-electron chi connectivity index (χ4n) is 3.28. The third-order valence-electron chi connectivity index (χ3n) is 4.43. The fourth-order valence-corrected chi connectivity index (χ4v) is 3.57. The van der Waals surface area contributed by atoms with E-state index in [1.54, 1.807) is 0 Å². The average molecular weight is 368 g/mol. The Labute approximate surface area is 169 Å². The second-order valence-corrected chi connectivity index (χ2v) is 7.50. The van der Waals surface area contributed by atoms with Gasteiger partial charge in [0.1, 0.15) is 0 Å². The monoisotopic (exact) mass is 368 g/mol. The summed E-state index contributed by atoms with van der Waals surface area (Å²) in [4.78, 5) is 16.5. The Hall–Kier alpha value is -0.653. The molecule has 0 spiro atoms. The van der Waals surface area contributed by atoms with Crippen LogP contribution < -0.4 is 0 Å². The van der Waals surface area contributed by atoms with Crippen LogP contribution in [0.15, 0.2) is 42.5 Å². The summed E-state index contributed by atoms with van der Waals surface area (Å²) < 4.78 is 4.99. The van der Waals surface area contributed by atoms with Gasteiger partial charge in [-0.25, -0.2) is 0 Å². The van der Waals surface area contributed by atoms with Crippen molar-refractivity contribution in [2.24, 2.45) is 0 Å². The summed E-state index contributed by atoms with van der Waals surface area (Å²) in [5.41, 5.74) is 7.02. The van der Waals surface area contributed by atoms with E-state index in [2.05, 4.69) is 92.4 Å². The van der Waals surface area contributed by atoms with Crippen molar-refractivity contribution in [3.8, 4) is 0 Å². The second kappa shape index (κ2) is 12.7. The molecule has 1 atom stereocenters. The molecule has 3 nitrogen and oxygen atoms in total. The molecule has 0 saturated heterocycles. The molecule has 0 heterocycles. The molecule has 0 bridgehead atoms. The molecule has 1 unspecified atom stereocenters. The third kappa shape index (κ3) is 8.36. The number of unbranched alkanes of at least 4 members (excludes halogenated alkanes) is 2. The van der Waals surface area contributed by atoms with Crippen molar-refractivity contribution in [1.29, 1.82) is 0 Å². The normalized spacial score (nSPS) is 11.9. The van der Waals surface area contributed by atoms with Gasteiger partial charge in [-0.05, 0) is 6.42 Å². The van der Waals surface area contributed by atoms with Crippen LogP contribution in [0.3, 0.4) is 0 Å². The zero-order valence-corrected chi connectivity index (χ0v) is 17.6. The molecular weight excluding hydrogens is 338 g/mol. The Bertz CT molecular complexity index is 624. The van der Waals surface area contributed by atoms with Crippen LogP contribution >= 0.6 is 8.60 Å². The van der Waals surface area contributed by atoms with E-state index in [0.717, 1.165) is 19.3 Å². The van der Waals surface area contributed by atoms with Crippen molar-refractivity contribution in [2.75, 3.05) is 6.61 Å². The van der Waals surface area contributed by atoms with Gasteiger partial charge in [0.25, 0.3) is 0 Å². The summed E-state index contributed by atoms with van der Waals surface area (Å²) in [7, 11) is -2.12. The van der Waals surface area contributed by atoms with Gasteiger partial charge < -0.3 is 14.3 Å². The van der Waals surface area contributed by atoms with E-state index in [0.29, 0.717) is 11.2 Å². The zero-order valence-electron chi connectivity index (χ0n) is 16.7. The summed E-state index contributed by atoms with van der Waals surface area (Å²) in [6, 6.07) is 15.3. The van der Waals surface area contributed by atoms with Crippen LogP contribution in [0.1, 0.15) is 58.6 Å². The number of aryl methyl sites for hydroxylation is 3. The van der Waals surface area contributed by atoms with Gasteiger partial charge in [-0.2, -0.15) is 0 Å². The molecule has 0 aromatic heterocycles. The Kier molecular flexibility index (Phi) is 11.4. The van der Waals surface area contributed by atoms with Crippen LogP contribution in [0.2, 0.25) is 0 Å². The van der Waals surface area contributed by atoms with Crippen LogP contribution in [-0.4, -0.2) is 34.1 Å². The fraction of sp³-hybridized carbons (Fsp3) is 0.429. The van der Waals surface area contributed by atoms with Crippen LogP contribution in [0.4, 0.5) is 0 Å². The Balaban J connectivity index is 0.000000321. The summed E-state index contributed by atoms with van der Waals surface area (Å²) >= 11 is 2.29.